The van der Waals surface area contributed by atoms with E-state index in [0.29, 0.717) is 64.0 Å². The Labute approximate surface area is 335 Å². The number of aliphatic hydroxyl groups is 2. The van der Waals surface area contributed by atoms with Crippen LogP contribution in [-0.2, 0) is 37.3 Å². The summed E-state index contributed by atoms with van der Waals surface area (Å²) >= 11 is 6.41. The normalized spacial score (nSPS) is 22.4. The highest BCUT2D eigenvalue weighted by Crippen LogP contribution is 2.55. The number of piperazine rings is 1. The molecule has 2 aliphatic rings. The Hall–Kier alpha value is -2.64. The lowest BCUT2D eigenvalue weighted by atomic mass is 10.1. The summed E-state index contributed by atoms with van der Waals surface area (Å²) in [6, 6.07) is 9.63. The molecule has 0 bridgehead atoms. The van der Waals surface area contributed by atoms with Crippen molar-refractivity contribution in [2.75, 3.05) is 110 Å². The Kier molecular flexibility index (Phi) is 17.6. The van der Waals surface area contributed by atoms with E-state index >= 15 is 0 Å². The van der Waals surface area contributed by atoms with Crippen LogP contribution in [0.2, 0.25) is 5.28 Å². The largest absolute Gasteiger partial charge is 0.387 e. The van der Waals surface area contributed by atoms with Crippen LogP contribution in [0.5, 0.6) is 0 Å². The molecular weight excluding hydrogens is 812 g/mol. The smallest absolute Gasteiger partial charge is 0.340 e. The third-order valence-electron chi connectivity index (χ3n) is 9.08. The van der Waals surface area contributed by atoms with E-state index < -0.39 is 52.2 Å². The van der Waals surface area contributed by atoms with Gasteiger partial charge in [0.1, 0.15) is 30.7 Å². The van der Waals surface area contributed by atoms with Gasteiger partial charge in [-0.3, -0.25) is 18.9 Å². The summed E-state index contributed by atoms with van der Waals surface area (Å²) in [6.45, 7) is 7.83. The van der Waals surface area contributed by atoms with Gasteiger partial charge in [-0.1, -0.05) is 36.3 Å². The molecule has 0 saturated carbocycles. The molecule has 6 N–H and O–H groups in total. The molecule has 0 amide bonds. The number of hydrogen-bond donors (Lipinski definition) is 6. The van der Waals surface area contributed by atoms with Gasteiger partial charge in [-0.15, -0.1) is 6.42 Å². The molecule has 23 heteroatoms. The minimum atomic E-state index is -4.88. The van der Waals surface area contributed by atoms with Crippen molar-refractivity contribution in [2.45, 2.75) is 30.6 Å². The van der Waals surface area contributed by atoms with E-state index in [-0.39, 0.29) is 23.6 Å². The molecular formula is C34H50ClN7O13P2. The van der Waals surface area contributed by atoms with Gasteiger partial charge in [-0.2, -0.15) is 15.1 Å². The van der Waals surface area contributed by atoms with Crippen LogP contribution in [0.25, 0.3) is 11.0 Å². The quantitative estimate of drug-likeness (QED) is 0.0317. The maximum Gasteiger partial charge on any atom is 0.340 e. The minimum Gasteiger partial charge on any atom is -0.387 e. The second kappa shape index (κ2) is 22.1. The summed E-state index contributed by atoms with van der Waals surface area (Å²) in [6.07, 6.45) is 0.718. The Morgan fingerprint density at radius 2 is 1.54 bits per heavy atom. The number of aromatic nitrogens is 4. The van der Waals surface area contributed by atoms with Crippen LogP contribution in [-0.4, -0.2) is 177 Å². The number of fused-ring (bicyclic) bond motifs is 1. The molecule has 20 nitrogen and oxygen atoms in total. The Balaban J connectivity index is 1.13. The summed E-state index contributed by atoms with van der Waals surface area (Å²) < 4.78 is 57.0. The summed E-state index contributed by atoms with van der Waals surface area (Å²) in [5.74, 6) is 1.36. The van der Waals surface area contributed by atoms with Crippen molar-refractivity contribution in [1.29, 1.82) is 0 Å². The average molecular weight is 862 g/mol. The number of halogens is 1. The van der Waals surface area contributed by atoms with Crippen LogP contribution in [0.4, 0.5) is 5.82 Å². The van der Waals surface area contributed by atoms with Crippen molar-refractivity contribution < 1.29 is 62.2 Å². The van der Waals surface area contributed by atoms with Gasteiger partial charge in [0.2, 0.25) is 5.28 Å². The number of benzene rings is 1. The highest BCUT2D eigenvalue weighted by molar-refractivity contribution is 7.70. The summed E-state index contributed by atoms with van der Waals surface area (Å²) in [4.78, 5) is 41.5. The lowest BCUT2D eigenvalue weighted by Gasteiger charge is -2.36. The van der Waals surface area contributed by atoms with Gasteiger partial charge >= 0.3 is 15.2 Å². The molecule has 3 aromatic rings. The molecule has 1 unspecified atom stereocenters. The van der Waals surface area contributed by atoms with E-state index in [0.717, 1.165) is 38.3 Å². The molecule has 5 rings (SSSR count). The molecule has 2 aliphatic heterocycles. The fraction of sp³-hybridized carbons (Fsp3) is 0.618. The molecule has 2 fully saturated rings. The molecule has 6 atom stereocenters. The molecule has 2 aromatic heterocycles. The van der Waals surface area contributed by atoms with E-state index in [1.54, 1.807) is 0 Å². The van der Waals surface area contributed by atoms with Crippen LogP contribution in [0, 0.1) is 12.3 Å². The number of nitrogens with one attached hydrogen (secondary N) is 1. The predicted molar refractivity (Wildman–Crippen MR) is 207 cm³/mol. The first-order chi connectivity index (χ1) is 27.3. The lowest BCUT2D eigenvalue weighted by Crippen LogP contribution is -2.48. The third kappa shape index (κ3) is 14.3. The minimum absolute atomic E-state index is 0.125. The van der Waals surface area contributed by atoms with Gasteiger partial charge in [0.15, 0.2) is 17.8 Å². The second-order valence-electron chi connectivity index (χ2n) is 13.3. The van der Waals surface area contributed by atoms with Crippen molar-refractivity contribution in [3.05, 3.63) is 47.4 Å². The molecule has 0 spiro atoms. The monoisotopic (exact) mass is 861 g/mol. The molecule has 1 aromatic carbocycles. The van der Waals surface area contributed by atoms with Crippen molar-refractivity contribution in [2.24, 2.45) is 0 Å². The Morgan fingerprint density at radius 1 is 0.912 bits per heavy atom. The van der Waals surface area contributed by atoms with Gasteiger partial charge < -0.3 is 58.4 Å². The van der Waals surface area contributed by atoms with Gasteiger partial charge in [-0.25, -0.2) is 4.68 Å². The van der Waals surface area contributed by atoms with Gasteiger partial charge in [0, 0.05) is 39.3 Å². The Morgan fingerprint density at radius 3 is 2.19 bits per heavy atom. The third-order valence-corrected chi connectivity index (χ3v) is 12.7. The Bertz CT molecular complexity index is 1830. The van der Waals surface area contributed by atoms with Crippen LogP contribution < -0.4 is 5.32 Å². The van der Waals surface area contributed by atoms with Crippen LogP contribution in [0.3, 0.4) is 0 Å². The molecule has 4 heterocycles. The maximum atomic E-state index is 12.1. The number of terminal acetylenes is 1. The van der Waals surface area contributed by atoms with Crippen molar-refractivity contribution in [1.82, 2.24) is 29.5 Å². The zero-order chi connectivity index (χ0) is 40.8. The van der Waals surface area contributed by atoms with E-state index in [9.17, 15) is 24.2 Å². The number of rotatable bonds is 24. The zero-order valence-electron chi connectivity index (χ0n) is 31.2. The zero-order valence-corrected chi connectivity index (χ0v) is 33.7. The predicted octanol–water partition coefficient (Wildman–Crippen LogP) is 0.907. The first-order valence-corrected chi connectivity index (χ1v) is 22.2. The van der Waals surface area contributed by atoms with Gasteiger partial charge in [0.05, 0.1) is 70.5 Å². The first kappa shape index (κ1) is 45.4. The van der Waals surface area contributed by atoms with Crippen LogP contribution >= 0.6 is 26.8 Å². The molecule has 57 heavy (non-hydrogen) atoms. The summed E-state index contributed by atoms with van der Waals surface area (Å²) in [5.41, 5.74) is 1.18. The van der Waals surface area contributed by atoms with Crippen molar-refractivity contribution >= 4 is 43.6 Å². The van der Waals surface area contributed by atoms with Gasteiger partial charge in [0.25, 0.3) is 0 Å². The van der Waals surface area contributed by atoms with Gasteiger partial charge in [-0.05, 0) is 17.2 Å². The maximum absolute atomic E-state index is 12.1. The molecule has 2 saturated heterocycles. The van der Waals surface area contributed by atoms with E-state index in [4.69, 9.17) is 56.0 Å². The van der Waals surface area contributed by atoms with Crippen molar-refractivity contribution in [3.8, 4) is 12.3 Å². The number of hydrogen-bond acceptors (Lipinski definition) is 16. The lowest BCUT2D eigenvalue weighted by molar-refractivity contribution is -0.0541. The molecule has 0 radical (unpaired) electrons. The highest BCUT2D eigenvalue weighted by Gasteiger charge is 2.46. The van der Waals surface area contributed by atoms with Crippen molar-refractivity contribution in [3.63, 3.8) is 0 Å². The fourth-order valence-electron chi connectivity index (χ4n) is 6.25. The number of aliphatic hydroxyl groups excluding tert-OH is 2. The summed E-state index contributed by atoms with van der Waals surface area (Å²) in [5, 5.41) is 29.7. The first-order valence-electron chi connectivity index (χ1n) is 18.3. The van der Waals surface area contributed by atoms with E-state index in [1.165, 1.54) is 10.9 Å². The highest BCUT2D eigenvalue weighted by atomic mass is 35.5. The fourth-order valence-corrected chi connectivity index (χ4v) is 8.98. The van der Waals surface area contributed by atoms with Crippen LogP contribution in [0.15, 0.2) is 36.5 Å². The molecule has 316 valence electrons. The second-order valence-corrected chi connectivity index (χ2v) is 17.6. The SMILES string of the molecule is C#CCOCCOCCOCCOCCN1CCN(C[C@H](Nc2nc(Cl)nc3c2cnn3[C@@H]2O[C@H](COP(=O)(O)CP(=O)(O)O)[C@@H](O)[C@H]2O)c2ccccc2)CC1. The van der Waals surface area contributed by atoms with Crippen LogP contribution in [0.1, 0.15) is 17.8 Å². The average Bonchev–Trinajstić information content (AvgIpc) is 3.71. The van der Waals surface area contributed by atoms with E-state index in [2.05, 4.69) is 36.1 Å². The number of ether oxygens (including phenoxy) is 5. The molecule has 0 aliphatic carbocycles. The number of anilines is 1. The van der Waals surface area contributed by atoms with E-state index in [1.807, 2.05) is 30.3 Å². The number of nitrogens with zero attached hydrogens (tertiary/aromatic N) is 6. The topological polar surface area (TPSA) is 253 Å². The standard InChI is InChI=1S/C34H50ClN7O13P2/c1-2-13-50-15-17-52-19-20-53-18-16-51-14-12-40-8-10-41(11-9-40)22-27(25-6-4-3-5-7-25)37-31-26-21-36-42(32(26)39-34(35)38-31)33-30(44)29(43)28(55-33)23-54-57(48,49)24-56(45,46)47/h1,3-7,21,27-30,33,43-44H,8-20,22-24H2,(H,48,49)(H,37,38,39)(H2,45,46,47)/t27-,28+,29+,30+,33+/m0/s1. The summed E-state index contributed by atoms with van der Waals surface area (Å²) in [7, 11) is -9.62.